The van der Waals surface area contributed by atoms with Gasteiger partial charge in [0.15, 0.2) is 0 Å². The van der Waals surface area contributed by atoms with Crippen LogP contribution in [0.3, 0.4) is 0 Å². The number of fused-ring (bicyclic) bond motifs is 1. The summed E-state index contributed by atoms with van der Waals surface area (Å²) in [6, 6.07) is 8.47. The normalized spacial score (nSPS) is 17.2. The van der Waals surface area contributed by atoms with Gasteiger partial charge in [-0.05, 0) is 61.6 Å². The van der Waals surface area contributed by atoms with Crippen molar-refractivity contribution in [2.75, 3.05) is 13.1 Å². The van der Waals surface area contributed by atoms with E-state index in [1.165, 1.54) is 30.5 Å². The molecule has 1 saturated carbocycles. The van der Waals surface area contributed by atoms with Gasteiger partial charge in [-0.25, -0.2) is 9.37 Å². The molecule has 3 heterocycles. The van der Waals surface area contributed by atoms with Crippen LogP contribution in [0.2, 0.25) is 0 Å². The van der Waals surface area contributed by atoms with Gasteiger partial charge < -0.3 is 4.90 Å². The van der Waals surface area contributed by atoms with Gasteiger partial charge in [0, 0.05) is 36.7 Å². The summed E-state index contributed by atoms with van der Waals surface area (Å²) in [5, 5.41) is 0. The minimum absolute atomic E-state index is 0.244. The monoisotopic (exact) mass is 360 g/mol. The molecule has 1 aliphatic carbocycles. The van der Waals surface area contributed by atoms with Gasteiger partial charge in [0.1, 0.15) is 11.6 Å². The molecule has 2 aliphatic rings. The van der Waals surface area contributed by atoms with E-state index < -0.39 is 0 Å². The Morgan fingerprint density at radius 3 is 2.74 bits per heavy atom. The first-order chi connectivity index (χ1) is 13.2. The van der Waals surface area contributed by atoms with Gasteiger partial charge in [-0.1, -0.05) is 6.08 Å². The highest BCUT2D eigenvalue weighted by atomic mass is 19.1. The second-order valence-electron chi connectivity index (χ2n) is 7.44. The lowest BCUT2D eigenvalue weighted by Crippen LogP contribution is -2.24. The number of imidazole rings is 1. The fourth-order valence-corrected chi connectivity index (χ4v) is 3.65. The molecule has 0 radical (unpaired) electrons. The van der Waals surface area contributed by atoms with Crippen molar-refractivity contribution in [2.24, 2.45) is 5.92 Å². The second-order valence-corrected chi connectivity index (χ2v) is 7.44. The Bertz CT molecular complexity index is 1060. The molecule has 3 aromatic rings. The van der Waals surface area contributed by atoms with Crippen molar-refractivity contribution >= 4 is 16.6 Å². The summed E-state index contributed by atoms with van der Waals surface area (Å²) in [7, 11) is 0. The number of aromatic nitrogens is 3. The standard InChI is InChI=1S/C22H21FN4/c1-15-9-11-26(13-16-2-3-16)14-19(15)22-25-20-8-10-24-12-21(20)27(22)18-6-4-17(23)5-7-18/h4-10,12,14,16H,2-3,11,13H2,1H3. The van der Waals surface area contributed by atoms with Crippen molar-refractivity contribution in [2.45, 2.75) is 19.8 Å². The average Bonchev–Trinajstić information content (AvgIpc) is 3.41. The number of hydrogen-bond donors (Lipinski definition) is 0. The van der Waals surface area contributed by atoms with Crippen LogP contribution in [0.25, 0.3) is 22.3 Å². The largest absolute Gasteiger partial charge is 0.373 e. The molecule has 1 fully saturated rings. The molecule has 136 valence electrons. The van der Waals surface area contributed by atoms with Gasteiger partial charge in [-0.15, -0.1) is 0 Å². The first-order valence-electron chi connectivity index (χ1n) is 9.41. The molecule has 0 amide bonds. The lowest BCUT2D eigenvalue weighted by atomic mass is 10.0. The third kappa shape index (κ3) is 3.03. The molecule has 5 heteroatoms. The number of benzene rings is 1. The number of nitrogens with zero attached hydrogens (tertiary/aromatic N) is 4. The zero-order valence-corrected chi connectivity index (χ0v) is 15.3. The smallest absolute Gasteiger partial charge is 0.147 e. The van der Waals surface area contributed by atoms with E-state index >= 15 is 0 Å². The van der Waals surface area contributed by atoms with Crippen molar-refractivity contribution in [3.05, 3.63) is 72.2 Å². The molecule has 0 saturated heterocycles. The molecule has 1 aromatic carbocycles. The molecule has 0 bridgehead atoms. The number of hydrogen-bond acceptors (Lipinski definition) is 3. The molecule has 0 unspecified atom stereocenters. The van der Waals surface area contributed by atoms with Crippen LogP contribution in [0.4, 0.5) is 4.39 Å². The molecule has 27 heavy (non-hydrogen) atoms. The molecule has 4 nitrogen and oxygen atoms in total. The highest BCUT2D eigenvalue weighted by Crippen LogP contribution is 2.34. The first-order valence-corrected chi connectivity index (χ1v) is 9.41. The summed E-state index contributed by atoms with van der Waals surface area (Å²) in [5.74, 6) is 1.46. The van der Waals surface area contributed by atoms with Crippen LogP contribution in [0.15, 0.2) is 60.6 Å². The van der Waals surface area contributed by atoms with Gasteiger partial charge >= 0.3 is 0 Å². The lowest BCUT2D eigenvalue weighted by Gasteiger charge is -2.25. The minimum atomic E-state index is -0.244. The molecule has 1 aliphatic heterocycles. The number of halogens is 1. The SMILES string of the molecule is CC1=CCN(CC2CC2)C=C1c1nc2ccncc2n1-c1ccc(F)cc1. The van der Waals surface area contributed by atoms with E-state index in [-0.39, 0.29) is 5.82 Å². The van der Waals surface area contributed by atoms with E-state index in [1.807, 2.05) is 12.3 Å². The van der Waals surface area contributed by atoms with Crippen LogP contribution in [-0.2, 0) is 0 Å². The Labute approximate surface area is 157 Å². The van der Waals surface area contributed by atoms with E-state index in [0.29, 0.717) is 0 Å². The van der Waals surface area contributed by atoms with E-state index in [4.69, 9.17) is 4.98 Å². The molecular formula is C22H21FN4. The molecule has 0 spiro atoms. The van der Waals surface area contributed by atoms with E-state index in [2.05, 4.69) is 33.7 Å². The maximum Gasteiger partial charge on any atom is 0.147 e. The predicted octanol–water partition coefficient (Wildman–Crippen LogP) is 4.57. The number of pyridine rings is 1. The predicted molar refractivity (Wildman–Crippen MR) is 105 cm³/mol. The van der Waals surface area contributed by atoms with Crippen molar-refractivity contribution < 1.29 is 4.39 Å². The Balaban J connectivity index is 1.67. The maximum atomic E-state index is 13.5. The summed E-state index contributed by atoms with van der Waals surface area (Å²) in [5.41, 5.74) is 5.02. The highest BCUT2D eigenvalue weighted by molar-refractivity contribution is 5.85. The van der Waals surface area contributed by atoms with E-state index in [0.717, 1.165) is 47.1 Å². The Morgan fingerprint density at radius 2 is 1.96 bits per heavy atom. The third-order valence-corrected chi connectivity index (χ3v) is 5.34. The highest BCUT2D eigenvalue weighted by Gasteiger charge is 2.26. The van der Waals surface area contributed by atoms with E-state index in [1.54, 1.807) is 18.3 Å². The second kappa shape index (κ2) is 6.34. The summed E-state index contributed by atoms with van der Waals surface area (Å²) >= 11 is 0. The van der Waals surface area contributed by atoms with Gasteiger partial charge in [-0.3, -0.25) is 9.55 Å². The van der Waals surface area contributed by atoms with Crippen LogP contribution >= 0.6 is 0 Å². The summed E-state index contributed by atoms with van der Waals surface area (Å²) < 4.78 is 15.5. The first kappa shape index (κ1) is 16.2. The molecular weight excluding hydrogens is 339 g/mol. The van der Waals surface area contributed by atoms with Crippen LogP contribution in [-0.4, -0.2) is 32.5 Å². The average molecular weight is 360 g/mol. The summed E-state index contributed by atoms with van der Waals surface area (Å²) in [6.45, 7) is 4.18. The number of allylic oxidation sites excluding steroid dienone is 2. The van der Waals surface area contributed by atoms with Gasteiger partial charge in [0.25, 0.3) is 0 Å². The Morgan fingerprint density at radius 1 is 1.15 bits per heavy atom. The Kier molecular flexibility index (Phi) is 3.81. The Hall–Kier alpha value is -2.95. The molecule has 2 aromatic heterocycles. The van der Waals surface area contributed by atoms with Crippen molar-refractivity contribution in [1.29, 1.82) is 0 Å². The van der Waals surface area contributed by atoms with Crippen molar-refractivity contribution in [1.82, 2.24) is 19.4 Å². The van der Waals surface area contributed by atoms with Crippen LogP contribution < -0.4 is 0 Å². The van der Waals surface area contributed by atoms with Gasteiger partial charge in [0.2, 0.25) is 0 Å². The lowest BCUT2D eigenvalue weighted by molar-refractivity contribution is 0.392. The van der Waals surface area contributed by atoms with Crippen LogP contribution in [0, 0.1) is 11.7 Å². The maximum absolute atomic E-state index is 13.5. The molecule has 0 atom stereocenters. The summed E-state index contributed by atoms with van der Waals surface area (Å²) in [6.07, 6.45) is 10.8. The van der Waals surface area contributed by atoms with Gasteiger partial charge in [0.05, 0.1) is 17.2 Å². The van der Waals surface area contributed by atoms with Crippen LogP contribution in [0.1, 0.15) is 25.6 Å². The summed E-state index contributed by atoms with van der Waals surface area (Å²) in [4.78, 5) is 11.6. The quantitative estimate of drug-likeness (QED) is 0.683. The fraction of sp³-hybridized carbons (Fsp3) is 0.273. The molecule has 5 rings (SSSR count). The topological polar surface area (TPSA) is 34.0 Å². The van der Waals surface area contributed by atoms with Crippen molar-refractivity contribution in [3.8, 4) is 5.69 Å². The zero-order valence-electron chi connectivity index (χ0n) is 15.3. The van der Waals surface area contributed by atoms with E-state index in [9.17, 15) is 4.39 Å². The number of rotatable bonds is 4. The zero-order chi connectivity index (χ0) is 18.4. The molecule has 0 N–H and O–H groups in total. The van der Waals surface area contributed by atoms with Gasteiger partial charge in [-0.2, -0.15) is 0 Å². The van der Waals surface area contributed by atoms with Crippen LogP contribution in [0.5, 0.6) is 0 Å². The minimum Gasteiger partial charge on any atom is -0.373 e. The van der Waals surface area contributed by atoms with Crippen molar-refractivity contribution in [3.63, 3.8) is 0 Å². The third-order valence-electron chi connectivity index (χ3n) is 5.34. The fourth-order valence-electron chi connectivity index (χ4n) is 3.65.